The van der Waals surface area contributed by atoms with Gasteiger partial charge in [-0.1, -0.05) is 26.7 Å². The van der Waals surface area contributed by atoms with Crippen molar-refractivity contribution in [3.05, 3.63) is 0 Å². The minimum atomic E-state index is 0.172. The van der Waals surface area contributed by atoms with Crippen molar-refractivity contribution in [1.29, 1.82) is 0 Å². The van der Waals surface area contributed by atoms with Crippen LogP contribution in [0, 0.1) is 11.8 Å². The van der Waals surface area contributed by atoms with Crippen LogP contribution in [-0.4, -0.2) is 29.8 Å². The summed E-state index contributed by atoms with van der Waals surface area (Å²) < 4.78 is 6.16. The molecule has 2 rings (SSSR count). The first-order valence-corrected chi connectivity index (χ1v) is 9.58. The highest BCUT2D eigenvalue weighted by molar-refractivity contribution is 7.99. The van der Waals surface area contributed by atoms with Gasteiger partial charge in [0.25, 0.3) is 0 Å². The third kappa shape index (κ3) is 3.90. The van der Waals surface area contributed by atoms with E-state index in [2.05, 4.69) is 31.0 Å². The predicted octanol–water partition coefficient (Wildman–Crippen LogP) is 3.34. The molecule has 3 atom stereocenters. The van der Waals surface area contributed by atoms with E-state index in [9.17, 15) is 0 Å². The van der Waals surface area contributed by atoms with E-state index >= 15 is 0 Å². The monoisotopic (exact) mass is 300 g/mol. The van der Waals surface area contributed by atoms with Gasteiger partial charge in [-0.3, -0.25) is 11.3 Å². The van der Waals surface area contributed by atoms with Crippen LogP contribution >= 0.6 is 11.8 Å². The normalized spacial score (nSPS) is 32.1. The lowest BCUT2D eigenvalue weighted by Crippen LogP contribution is -2.51. The summed E-state index contributed by atoms with van der Waals surface area (Å²) in [5.74, 6) is 9.82. The average Bonchev–Trinajstić information content (AvgIpc) is 2.88. The van der Waals surface area contributed by atoms with Crippen molar-refractivity contribution in [2.45, 2.75) is 70.4 Å². The molecule has 0 aromatic carbocycles. The number of hydrogen-bond acceptors (Lipinski definition) is 4. The molecule has 3 N–H and O–H groups in total. The van der Waals surface area contributed by atoms with E-state index in [1.54, 1.807) is 0 Å². The fourth-order valence-corrected chi connectivity index (χ4v) is 5.52. The molecule has 4 heteroatoms. The molecule has 2 aliphatic rings. The molecule has 3 unspecified atom stereocenters. The molecular weight excluding hydrogens is 268 g/mol. The van der Waals surface area contributed by atoms with Crippen LogP contribution < -0.4 is 11.3 Å². The highest BCUT2D eigenvalue weighted by atomic mass is 32.2. The Hall–Kier alpha value is 0.230. The fourth-order valence-electron chi connectivity index (χ4n) is 4.14. The van der Waals surface area contributed by atoms with E-state index in [-0.39, 0.29) is 5.60 Å². The van der Waals surface area contributed by atoms with E-state index in [0.29, 0.717) is 12.0 Å². The van der Waals surface area contributed by atoms with Gasteiger partial charge in [0.2, 0.25) is 0 Å². The Morgan fingerprint density at radius 1 is 1.35 bits per heavy atom. The summed E-state index contributed by atoms with van der Waals surface area (Å²) in [6.45, 7) is 5.50. The van der Waals surface area contributed by atoms with Crippen molar-refractivity contribution in [2.24, 2.45) is 17.7 Å². The highest BCUT2D eigenvalue weighted by Gasteiger charge is 2.43. The van der Waals surface area contributed by atoms with Crippen molar-refractivity contribution in [2.75, 3.05) is 18.1 Å². The van der Waals surface area contributed by atoms with Crippen molar-refractivity contribution < 1.29 is 4.74 Å². The molecule has 0 radical (unpaired) electrons. The summed E-state index contributed by atoms with van der Waals surface area (Å²) in [5.41, 5.74) is 3.36. The molecule has 2 fully saturated rings. The largest absolute Gasteiger partial charge is 0.374 e. The smallest absolute Gasteiger partial charge is 0.0783 e. The van der Waals surface area contributed by atoms with Crippen LogP contribution in [0.25, 0.3) is 0 Å². The molecule has 2 saturated heterocycles. The molecule has 2 aliphatic heterocycles. The molecule has 0 aliphatic carbocycles. The first kappa shape index (κ1) is 16.6. The fraction of sp³-hybridized carbons (Fsp3) is 1.00. The summed E-state index contributed by atoms with van der Waals surface area (Å²) in [7, 11) is 0. The molecule has 1 spiro atoms. The molecule has 0 bridgehead atoms. The Balaban J connectivity index is 2.01. The van der Waals surface area contributed by atoms with E-state index in [4.69, 9.17) is 10.6 Å². The number of rotatable bonds is 7. The van der Waals surface area contributed by atoms with E-state index in [1.165, 1.54) is 56.5 Å². The van der Waals surface area contributed by atoms with Crippen molar-refractivity contribution in [1.82, 2.24) is 5.43 Å². The molecule has 0 amide bonds. The standard InChI is InChI=1S/C16H32N2OS/c1-3-5-13(6-4-2)15(18-17)14-7-9-19-16(11-14)8-10-20-12-16/h13-15,18H,3-12,17H2,1-2H3. The summed E-state index contributed by atoms with van der Waals surface area (Å²) in [4.78, 5) is 0. The second-order valence-electron chi connectivity index (χ2n) is 6.62. The molecular formula is C16H32N2OS. The van der Waals surface area contributed by atoms with Gasteiger partial charge >= 0.3 is 0 Å². The summed E-state index contributed by atoms with van der Waals surface area (Å²) in [5, 5.41) is 0. The maximum atomic E-state index is 6.16. The zero-order valence-electron chi connectivity index (χ0n) is 13.2. The summed E-state index contributed by atoms with van der Waals surface area (Å²) in [6.07, 6.45) is 8.71. The minimum Gasteiger partial charge on any atom is -0.374 e. The first-order chi connectivity index (χ1) is 9.74. The van der Waals surface area contributed by atoms with Crippen molar-refractivity contribution in [3.8, 4) is 0 Å². The Kier molecular flexibility index (Phi) is 6.66. The molecule has 3 nitrogen and oxygen atoms in total. The first-order valence-electron chi connectivity index (χ1n) is 8.42. The van der Waals surface area contributed by atoms with E-state index in [1.807, 2.05) is 0 Å². The van der Waals surface area contributed by atoms with Crippen LogP contribution in [0.5, 0.6) is 0 Å². The molecule has 0 aromatic rings. The zero-order chi connectivity index (χ0) is 14.4. The Bertz CT molecular complexity index is 276. The maximum absolute atomic E-state index is 6.16. The second-order valence-corrected chi connectivity index (χ2v) is 7.72. The van der Waals surface area contributed by atoms with Gasteiger partial charge in [0.1, 0.15) is 0 Å². The zero-order valence-corrected chi connectivity index (χ0v) is 14.0. The van der Waals surface area contributed by atoms with Gasteiger partial charge in [0, 0.05) is 18.4 Å². The topological polar surface area (TPSA) is 47.3 Å². The van der Waals surface area contributed by atoms with Gasteiger partial charge < -0.3 is 4.74 Å². The lowest BCUT2D eigenvalue weighted by atomic mass is 9.75. The predicted molar refractivity (Wildman–Crippen MR) is 87.8 cm³/mol. The quantitative estimate of drug-likeness (QED) is 0.559. The van der Waals surface area contributed by atoms with Crippen molar-refractivity contribution >= 4 is 11.8 Å². The van der Waals surface area contributed by atoms with Crippen LogP contribution in [0.3, 0.4) is 0 Å². The van der Waals surface area contributed by atoms with Gasteiger partial charge in [0.15, 0.2) is 0 Å². The number of nitrogens with one attached hydrogen (secondary N) is 1. The summed E-state index contributed by atoms with van der Waals surface area (Å²) in [6, 6.07) is 0.473. The SMILES string of the molecule is CCCC(CCC)C(NN)C1CCOC2(CCSC2)C1. The maximum Gasteiger partial charge on any atom is 0.0783 e. The summed E-state index contributed by atoms with van der Waals surface area (Å²) >= 11 is 2.05. The third-order valence-corrected chi connectivity index (χ3v) is 6.35. The van der Waals surface area contributed by atoms with Gasteiger partial charge in [-0.05, 0) is 49.7 Å². The molecule has 20 heavy (non-hydrogen) atoms. The molecule has 118 valence electrons. The average molecular weight is 301 g/mol. The van der Waals surface area contributed by atoms with Crippen molar-refractivity contribution in [3.63, 3.8) is 0 Å². The lowest BCUT2D eigenvalue weighted by molar-refractivity contribution is -0.0889. The lowest BCUT2D eigenvalue weighted by Gasteiger charge is -2.43. The Morgan fingerprint density at radius 2 is 2.10 bits per heavy atom. The second kappa shape index (κ2) is 8.02. The minimum absolute atomic E-state index is 0.172. The van der Waals surface area contributed by atoms with Crippen LogP contribution in [0.2, 0.25) is 0 Å². The van der Waals surface area contributed by atoms with E-state index < -0.39 is 0 Å². The number of thioether (sulfide) groups is 1. The third-order valence-electron chi connectivity index (χ3n) is 5.13. The Labute approximate surface area is 128 Å². The van der Waals surface area contributed by atoms with Gasteiger partial charge in [-0.2, -0.15) is 11.8 Å². The number of nitrogens with two attached hydrogens (primary N) is 1. The van der Waals surface area contributed by atoms with Crippen LogP contribution in [0.1, 0.15) is 58.8 Å². The van der Waals surface area contributed by atoms with Gasteiger partial charge in [-0.25, -0.2) is 0 Å². The molecule has 0 aromatic heterocycles. The van der Waals surface area contributed by atoms with Gasteiger partial charge in [0.05, 0.1) is 5.60 Å². The van der Waals surface area contributed by atoms with Crippen LogP contribution in [0.4, 0.5) is 0 Å². The Morgan fingerprint density at radius 3 is 2.65 bits per heavy atom. The molecule has 0 saturated carbocycles. The van der Waals surface area contributed by atoms with Crippen LogP contribution in [0.15, 0.2) is 0 Å². The number of hydrogen-bond donors (Lipinski definition) is 2. The van der Waals surface area contributed by atoms with Crippen LogP contribution in [-0.2, 0) is 4.74 Å². The number of ether oxygens (including phenoxy) is 1. The van der Waals surface area contributed by atoms with Gasteiger partial charge in [-0.15, -0.1) is 0 Å². The number of hydrazine groups is 1. The molecule has 2 heterocycles. The highest BCUT2D eigenvalue weighted by Crippen LogP contribution is 2.42. The van der Waals surface area contributed by atoms with E-state index in [0.717, 1.165) is 12.5 Å².